The van der Waals surface area contributed by atoms with Gasteiger partial charge in [0.2, 0.25) is 0 Å². The van der Waals surface area contributed by atoms with E-state index in [1.165, 1.54) is 0 Å². The lowest BCUT2D eigenvalue weighted by Gasteiger charge is -2.36. The second kappa shape index (κ2) is 6.43. The third-order valence-corrected chi connectivity index (χ3v) is 4.85. The van der Waals surface area contributed by atoms with Gasteiger partial charge in [0.25, 0.3) is 0 Å². The normalized spacial score (nSPS) is 18.5. The SMILES string of the molecule is CCOC1(c2nc(=S)c(Br)c(CC)[nH]2)CCOCC1. The second-order valence-electron chi connectivity index (χ2n) is 4.58. The molecule has 0 spiro atoms. The largest absolute Gasteiger partial charge is 0.381 e. The molecule has 0 amide bonds. The third kappa shape index (κ3) is 3.07. The summed E-state index contributed by atoms with van der Waals surface area (Å²) in [5.41, 5.74) is 0.686. The van der Waals surface area contributed by atoms with Crippen LogP contribution in [0, 0.1) is 4.64 Å². The fourth-order valence-corrected chi connectivity index (χ4v) is 3.07. The molecule has 1 fully saturated rings. The van der Waals surface area contributed by atoms with E-state index in [0.29, 0.717) is 24.5 Å². The molecule has 1 saturated heterocycles. The Labute approximate surface area is 127 Å². The number of rotatable bonds is 4. The van der Waals surface area contributed by atoms with Crippen LogP contribution in [0.15, 0.2) is 4.47 Å². The molecule has 0 bridgehead atoms. The number of ether oxygens (including phenoxy) is 2. The van der Waals surface area contributed by atoms with E-state index in [9.17, 15) is 0 Å². The summed E-state index contributed by atoms with van der Waals surface area (Å²) in [6.45, 7) is 6.14. The third-order valence-electron chi connectivity index (χ3n) is 3.44. The van der Waals surface area contributed by atoms with Crippen molar-refractivity contribution < 1.29 is 9.47 Å². The highest BCUT2D eigenvalue weighted by Gasteiger charge is 2.38. The van der Waals surface area contributed by atoms with Crippen LogP contribution in [0.2, 0.25) is 0 Å². The number of H-pyrrole nitrogens is 1. The molecule has 2 heterocycles. The summed E-state index contributed by atoms with van der Waals surface area (Å²) < 4.78 is 12.9. The molecule has 1 aromatic heterocycles. The average molecular weight is 347 g/mol. The number of nitrogens with zero attached hydrogens (tertiary/aromatic N) is 1. The first kappa shape index (κ1) is 15.1. The zero-order valence-electron chi connectivity index (χ0n) is 11.3. The predicted molar refractivity (Wildman–Crippen MR) is 79.9 cm³/mol. The molecule has 1 aliphatic heterocycles. The number of halogens is 1. The highest BCUT2D eigenvalue weighted by Crippen LogP contribution is 2.35. The molecule has 0 saturated carbocycles. The summed E-state index contributed by atoms with van der Waals surface area (Å²) in [5, 5.41) is 0. The maximum atomic E-state index is 6.02. The first-order chi connectivity index (χ1) is 9.13. The van der Waals surface area contributed by atoms with Crippen LogP contribution in [-0.4, -0.2) is 29.8 Å². The van der Waals surface area contributed by atoms with E-state index in [2.05, 4.69) is 32.8 Å². The highest BCUT2D eigenvalue weighted by molar-refractivity contribution is 9.10. The molecule has 106 valence electrons. The van der Waals surface area contributed by atoms with E-state index in [1.54, 1.807) is 0 Å². The molecule has 4 nitrogen and oxygen atoms in total. The molecule has 2 rings (SSSR count). The van der Waals surface area contributed by atoms with E-state index in [4.69, 9.17) is 21.7 Å². The molecule has 0 unspecified atom stereocenters. The Bertz CT molecular complexity index is 492. The van der Waals surface area contributed by atoms with Crippen molar-refractivity contribution in [2.75, 3.05) is 19.8 Å². The summed E-state index contributed by atoms with van der Waals surface area (Å²) in [4.78, 5) is 7.92. The van der Waals surface area contributed by atoms with Crippen molar-refractivity contribution >= 4 is 28.1 Å². The second-order valence-corrected chi connectivity index (χ2v) is 5.76. The Balaban J connectivity index is 2.47. The summed E-state index contributed by atoms with van der Waals surface area (Å²) in [5.74, 6) is 0.836. The Morgan fingerprint density at radius 3 is 2.68 bits per heavy atom. The van der Waals surface area contributed by atoms with Gasteiger partial charge in [-0.2, -0.15) is 0 Å². The zero-order valence-corrected chi connectivity index (χ0v) is 13.7. The van der Waals surface area contributed by atoms with Gasteiger partial charge in [0.05, 0.1) is 4.47 Å². The number of aryl methyl sites for hydroxylation is 1. The van der Waals surface area contributed by atoms with E-state index in [-0.39, 0.29) is 5.60 Å². The number of nitrogens with one attached hydrogen (secondary N) is 1. The van der Waals surface area contributed by atoms with Crippen molar-refractivity contribution in [1.29, 1.82) is 0 Å². The number of hydrogen-bond donors (Lipinski definition) is 1. The first-order valence-electron chi connectivity index (χ1n) is 6.64. The summed E-state index contributed by atoms with van der Waals surface area (Å²) in [6, 6.07) is 0. The van der Waals surface area contributed by atoms with Crippen LogP contribution < -0.4 is 0 Å². The van der Waals surface area contributed by atoms with Crippen LogP contribution in [0.25, 0.3) is 0 Å². The van der Waals surface area contributed by atoms with E-state index < -0.39 is 0 Å². The molecule has 1 N–H and O–H groups in total. The van der Waals surface area contributed by atoms with Crippen LogP contribution >= 0.6 is 28.1 Å². The Kier molecular flexibility index (Phi) is 5.11. The Hall–Kier alpha value is -0.300. The standard InChI is InChI=1S/C13H19BrN2O2S/c1-3-9-10(14)11(19)16-12(15-9)13(18-4-2)5-7-17-8-6-13/h3-8H2,1-2H3,(H,15,16,19). The van der Waals surface area contributed by atoms with Crippen molar-refractivity contribution in [3.63, 3.8) is 0 Å². The molecule has 0 radical (unpaired) electrons. The monoisotopic (exact) mass is 346 g/mol. The van der Waals surface area contributed by atoms with Crippen molar-refractivity contribution in [3.05, 3.63) is 20.6 Å². The van der Waals surface area contributed by atoms with Gasteiger partial charge in [0.1, 0.15) is 16.1 Å². The number of aromatic nitrogens is 2. The molecule has 0 atom stereocenters. The smallest absolute Gasteiger partial charge is 0.144 e. The van der Waals surface area contributed by atoms with Gasteiger partial charge in [-0.15, -0.1) is 0 Å². The van der Waals surface area contributed by atoms with Gasteiger partial charge in [0.15, 0.2) is 0 Å². The fourth-order valence-electron chi connectivity index (χ4n) is 2.39. The maximum Gasteiger partial charge on any atom is 0.144 e. The van der Waals surface area contributed by atoms with E-state index in [1.807, 2.05) is 6.92 Å². The van der Waals surface area contributed by atoms with Crippen LogP contribution in [0.1, 0.15) is 38.2 Å². The zero-order chi connectivity index (χ0) is 13.9. The van der Waals surface area contributed by atoms with Crippen LogP contribution in [-0.2, 0) is 21.5 Å². The highest BCUT2D eigenvalue weighted by atomic mass is 79.9. The number of hydrogen-bond acceptors (Lipinski definition) is 4. The van der Waals surface area contributed by atoms with Gasteiger partial charge < -0.3 is 14.5 Å². The fraction of sp³-hybridized carbons (Fsp3) is 0.692. The molecule has 0 aromatic carbocycles. The van der Waals surface area contributed by atoms with Gasteiger partial charge >= 0.3 is 0 Å². The van der Waals surface area contributed by atoms with E-state index in [0.717, 1.165) is 35.3 Å². The first-order valence-corrected chi connectivity index (χ1v) is 7.84. The lowest BCUT2D eigenvalue weighted by atomic mass is 9.92. The van der Waals surface area contributed by atoms with Gasteiger partial charge in [-0.1, -0.05) is 19.1 Å². The minimum Gasteiger partial charge on any atom is -0.381 e. The Morgan fingerprint density at radius 2 is 2.11 bits per heavy atom. The van der Waals surface area contributed by atoms with Gasteiger partial charge in [-0.3, -0.25) is 0 Å². The molecule has 19 heavy (non-hydrogen) atoms. The van der Waals surface area contributed by atoms with Crippen molar-refractivity contribution in [2.45, 2.75) is 38.7 Å². The summed E-state index contributed by atoms with van der Waals surface area (Å²) in [6.07, 6.45) is 2.49. The minimum absolute atomic E-state index is 0.384. The molecule has 1 aromatic rings. The summed E-state index contributed by atoms with van der Waals surface area (Å²) in [7, 11) is 0. The quantitative estimate of drug-likeness (QED) is 0.847. The van der Waals surface area contributed by atoms with Crippen molar-refractivity contribution in [1.82, 2.24) is 9.97 Å². The lowest BCUT2D eigenvalue weighted by Crippen LogP contribution is -2.38. The Morgan fingerprint density at radius 1 is 1.42 bits per heavy atom. The topological polar surface area (TPSA) is 47.1 Å². The predicted octanol–water partition coefficient (Wildman–Crippen LogP) is 3.51. The van der Waals surface area contributed by atoms with Crippen LogP contribution in [0.4, 0.5) is 0 Å². The van der Waals surface area contributed by atoms with Crippen molar-refractivity contribution in [3.8, 4) is 0 Å². The van der Waals surface area contributed by atoms with Crippen LogP contribution in [0.3, 0.4) is 0 Å². The van der Waals surface area contributed by atoms with Crippen LogP contribution in [0.5, 0.6) is 0 Å². The van der Waals surface area contributed by atoms with Gasteiger partial charge in [0, 0.05) is 38.4 Å². The molecule has 0 aliphatic carbocycles. The molecule has 6 heteroatoms. The average Bonchev–Trinajstić information content (AvgIpc) is 2.43. The van der Waals surface area contributed by atoms with Gasteiger partial charge in [-0.05, 0) is 29.3 Å². The summed E-state index contributed by atoms with van der Waals surface area (Å²) >= 11 is 8.82. The molecule has 1 aliphatic rings. The lowest BCUT2D eigenvalue weighted by molar-refractivity contribution is -0.118. The van der Waals surface area contributed by atoms with Crippen molar-refractivity contribution in [2.24, 2.45) is 0 Å². The van der Waals surface area contributed by atoms with Gasteiger partial charge in [-0.25, -0.2) is 4.98 Å². The number of aromatic amines is 1. The minimum atomic E-state index is -0.384. The van der Waals surface area contributed by atoms with E-state index >= 15 is 0 Å². The maximum absolute atomic E-state index is 6.02. The molecular formula is C13H19BrN2O2S. The molecular weight excluding hydrogens is 328 g/mol.